The maximum absolute atomic E-state index is 12.3. The van der Waals surface area contributed by atoms with Gasteiger partial charge in [0.1, 0.15) is 62.5 Å². The Hall–Kier alpha value is -3.16. The van der Waals surface area contributed by atoms with Gasteiger partial charge in [0.2, 0.25) is 0 Å². The van der Waals surface area contributed by atoms with Crippen LogP contribution in [-0.2, 0) is 40.5 Å². The van der Waals surface area contributed by atoms with Gasteiger partial charge >= 0.3 is 118 Å². The molecular formula is C40H22N8Na4O12S4. The summed E-state index contributed by atoms with van der Waals surface area (Å²) < 4.78 is 145. The van der Waals surface area contributed by atoms with Crippen LogP contribution in [0, 0.1) is 0 Å². The van der Waals surface area contributed by atoms with Crippen LogP contribution in [0.5, 0.6) is 0 Å². The number of hydrogen-bond acceptors (Lipinski definition) is 18. The third-order valence-corrected chi connectivity index (χ3v) is 13.3. The molecule has 0 radical (unpaired) electrons. The molecule has 0 aliphatic heterocycles. The Morgan fingerprint density at radius 1 is 0.426 bits per heavy atom. The summed E-state index contributed by atoms with van der Waals surface area (Å²) in [7, 11) is -19.9. The third kappa shape index (κ3) is 11.6. The van der Waals surface area contributed by atoms with E-state index >= 15 is 0 Å². The number of nitrogens with zero attached hydrogens (tertiary/aromatic N) is 8. The van der Waals surface area contributed by atoms with Crippen LogP contribution in [-0.4, -0.2) is 81.9 Å². The fourth-order valence-electron chi connectivity index (χ4n) is 6.91. The summed E-state index contributed by atoms with van der Waals surface area (Å²) >= 11 is 0. The Morgan fingerprint density at radius 3 is 1.56 bits per heavy atom. The van der Waals surface area contributed by atoms with E-state index in [9.17, 15) is 51.9 Å². The zero-order valence-electron chi connectivity index (χ0n) is 35.8. The topological polar surface area (TPSA) is 315 Å². The number of benzene rings is 7. The molecule has 0 bridgehead atoms. The van der Waals surface area contributed by atoms with Crippen molar-refractivity contribution in [1.82, 2.24) is 30.0 Å². The molecule has 0 saturated carbocycles. The first-order chi connectivity index (χ1) is 30.2. The van der Waals surface area contributed by atoms with Gasteiger partial charge in [-0.15, -0.1) is 20.4 Å². The zero-order valence-corrected chi connectivity index (χ0v) is 47.1. The van der Waals surface area contributed by atoms with Gasteiger partial charge in [-0.05, 0) is 101 Å². The summed E-state index contributed by atoms with van der Waals surface area (Å²) in [5.41, 5.74) is 1.64. The second kappa shape index (κ2) is 21.3. The molecule has 9 aromatic rings. The molecule has 0 atom stereocenters. The molecule has 0 fully saturated rings. The summed E-state index contributed by atoms with van der Waals surface area (Å²) in [6.45, 7) is 0. The Balaban J connectivity index is 0.00000216. The number of azo groups is 1. The summed E-state index contributed by atoms with van der Waals surface area (Å²) in [6, 6.07) is 27.5. The average Bonchev–Trinajstić information content (AvgIpc) is 3.89. The van der Waals surface area contributed by atoms with Crippen molar-refractivity contribution in [2.75, 3.05) is 0 Å². The summed E-state index contributed by atoms with van der Waals surface area (Å²) in [5.74, 6) is 0. The predicted molar refractivity (Wildman–Crippen MR) is 224 cm³/mol. The number of aromatic nitrogens is 6. The summed E-state index contributed by atoms with van der Waals surface area (Å²) in [4.78, 5) is 0.0444. The van der Waals surface area contributed by atoms with Gasteiger partial charge in [-0.2, -0.15) is 19.8 Å². The van der Waals surface area contributed by atoms with E-state index in [1.165, 1.54) is 65.5 Å². The van der Waals surface area contributed by atoms with Gasteiger partial charge in [0.05, 0.1) is 42.3 Å². The standard InChI is InChI=1S/C40H26N8O12S4.4Na/c49-61(50,51)30-14-15-31-23(21-30)7-16-34-39(31)45-47(43-34)28-11-8-26(9-12-28)41-42-27-10-17-36(62(52,53)54)24(19-27)5-6-25-20-29(13-18-37(25)63(55,56)57)48-44-35-22-38(64(58,59)60)32-3-1-2-4-33(32)40(35)46-48;;;;/h1-22H,(H,49,50,51)(H,52,53,54)(H,55,56,57)(H,58,59,60);;;;/q;4*+1/p-4/b6-5+,42-41?;;;;. The van der Waals surface area contributed by atoms with Gasteiger partial charge in [-0.25, -0.2) is 33.7 Å². The van der Waals surface area contributed by atoms with E-state index < -0.39 is 55.2 Å². The van der Waals surface area contributed by atoms with Gasteiger partial charge in [-0.3, -0.25) is 0 Å². The first kappa shape index (κ1) is 55.8. The van der Waals surface area contributed by atoms with Gasteiger partial charge < -0.3 is 18.2 Å². The molecule has 0 spiro atoms. The summed E-state index contributed by atoms with van der Waals surface area (Å²) in [6.07, 6.45) is 2.18. The molecule has 0 amide bonds. The molecule has 0 aliphatic rings. The Morgan fingerprint density at radius 2 is 0.941 bits per heavy atom. The Bertz CT molecular complexity index is 3990. The van der Waals surface area contributed by atoms with E-state index in [4.69, 9.17) is 0 Å². The van der Waals surface area contributed by atoms with Crippen molar-refractivity contribution in [2.24, 2.45) is 10.2 Å². The van der Waals surface area contributed by atoms with Gasteiger partial charge in [0.15, 0.2) is 0 Å². The maximum Gasteiger partial charge on any atom is 1.00 e. The molecular weight excluding hydrogens is 1000 g/mol. The van der Waals surface area contributed by atoms with Crippen LogP contribution in [0.1, 0.15) is 11.1 Å². The Kier molecular flexibility index (Phi) is 17.5. The number of fused-ring (bicyclic) bond motifs is 6. The van der Waals surface area contributed by atoms with Crippen molar-refractivity contribution in [3.05, 3.63) is 132 Å². The van der Waals surface area contributed by atoms with Crippen LogP contribution in [0.2, 0.25) is 0 Å². The van der Waals surface area contributed by atoms with Crippen molar-refractivity contribution in [3.8, 4) is 11.4 Å². The van der Waals surface area contributed by atoms with Gasteiger partial charge in [0.25, 0.3) is 0 Å². The Labute approximate surface area is 475 Å². The fourth-order valence-corrected chi connectivity index (χ4v) is 9.42. The van der Waals surface area contributed by atoms with Gasteiger partial charge in [0, 0.05) is 16.2 Å². The molecule has 0 saturated heterocycles. The maximum atomic E-state index is 12.3. The summed E-state index contributed by atoms with van der Waals surface area (Å²) in [5, 5.41) is 27.5. The van der Waals surface area contributed by atoms with Gasteiger partial charge in [-0.1, -0.05) is 48.6 Å². The van der Waals surface area contributed by atoms with E-state index in [0.717, 1.165) is 35.1 Å². The third-order valence-electron chi connectivity index (χ3n) is 9.81. The smallest absolute Gasteiger partial charge is 0.744 e. The number of hydrogen-bond donors (Lipinski definition) is 0. The quantitative estimate of drug-likeness (QED) is 0.0532. The van der Waals surface area contributed by atoms with E-state index in [-0.39, 0.29) is 167 Å². The monoisotopic (exact) mass is 1030 g/mol. The van der Waals surface area contributed by atoms with E-state index in [1.807, 2.05) is 0 Å². The molecule has 9 rings (SSSR count). The van der Waals surface area contributed by atoms with Crippen LogP contribution in [0.3, 0.4) is 0 Å². The minimum atomic E-state index is -5.14. The molecule has 7 aromatic carbocycles. The molecule has 28 heteroatoms. The number of rotatable bonds is 10. The van der Waals surface area contributed by atoms with Crippen molar-refractivity contribution in [1.29, 1.82) is 0 Å². The van der Waals surface area contributed by atoms with Crippen LogP contribution < -0.4 is 118 Å². The molecule has 68 heavy (non-hydrogen) atoms. The average molecular weight is 1030 g/mol. The molecule has 0 N–H and O–H groups in total. The first-order valence-corrected chi connectivity index (χ1v) is 23.7. The van der Waals surface area contributed by atoms with Crippen LogP contribution in [0.4, 0.5) is 11.4 Å². The van der Waals surface area contributed by atoms with Crippen LogP contribution >= 0.6 is 0 Å². The molecule has 322 valence electrons. The second-order valence-electron chi connectivity index (χ2n) is 13.9. The van der Waals surface area contributed by atoms with Crippen molar-refractivity contribution in [2.45, 2.75) is 19.6 Å². The molecule has 0 aliphatic carbocycles. The molecule has 20 nitrogen and oxygen atoms in total. The zero-order chi connectivity index (χ0) is 45.3. The predicted octanol–water partition coefficient (Wildman–Crippen LogP) is -6.32. The van der Waals surface area contributed by atoms with Crippen LogP contribution in [0.25, 0.3) is 67.1 Å². The van der Waals surface area contributed by atoms with Crippen molar-refractivity contribution < 1.29 is 170 Å². The molecule has 2 aromatic heterocycles. The minimum Gasteiger partial charge on any atom is -0.744 e. The van der Waals surface area contributed by atoms with Crippen molar-refractivity contribution >= 4 is 108 Å². The largest absolute Gasteiger partial charge is 1.00 e. The minimum absolute atomic E-state index is 0. The SMILES string of the molecule is O=S(=O)([O-])c1ccc2c(ccc3nn(-c4ccc(N=Nc5ccc(S(=O)(=O)[O-])c(/C=C/c6cc(-n7nc8cc(S(=O)(=O)[O-])c9ccccc9c8n7)ccc6S(=O)(=O)[O-])c5)cc4)nc32)c1.[Na+].[Na+].[Na+].[Na+]. The fraction of sp³-hybridized carbons (Fsp3) is 0. The van der Waals surface area contributed by atoms with Crippen LogP contribution in [0.15, 0.2) is 151 Å². The van der Waals surface area contributed by atoms with Crippen molar-refractivity contribution in [3.63, 3.8) is 0 Å². The first-order valence-electron chi connectivity index (χ1n) is 18.1. The normalized spacial score (nSPS) is 12.3. The van der Waals surface area contributed by atoms with E-state index in [2.05, 4.69) is 30.6 Å². The van der Waals surface area contributed by atoms with E-state index in [0.29, 0.717) is 33.2 Å². The second-order valence-corrected chi connectivity index (χ2v) is 19.3. The molecule has 0 unspecified atom stereocenters. The van der Waals surface area contributed by atoms with E-state index in [1.54, 1.807) is 42.5 Å². The molecule has 2 heterocycles.